The maximum Gasteiger partial charge on any atom is 0.293 e. The van der Waals surface area contributed by atoms with E-state index in [2.05, 4.69) is 10.2 Å². The van der Waals surface area contributed by atoms with Crippen LogP contribution in [0.2, 0.25) is 0 Å². The highest BCUT2D eigenvalue weighted by Crippen LogP contribution is 2.36. The Morgan fingerprint density at radius 2 is 1.67 bits per heavy atom. The van der Waals surface area contributed by atoms with Crippen molar-refractivity contribution < 1.29 is 29.0 Å². The van der Waals surface area contributed by atoms with Gasteiger partial charge in [-0.25, -0.2) is 0 Å². The zero-order chi connectivity index (χ0) is 31.1. The van der Waals surface area contributed by atoms with Crippen LogP contribution in [0.4, 0.5) is 27.5 Å². The minimum Gasteiger partial charge on any atom is -0.483 e. The van der Waals surface area contributed by atoms with Crippen LogP contribution in [0.1, 0.15) is 25.0 Å². The van der Waals surface area contributed by atoms with Crippen LogP contribution < -0.4 is 15.0 Å². The highest BCUT2D eigenvalue weighted by molar-refractivity contribution is 8.18. The van der Waals surface area contributed by atoms with Crippen molar-refractivity contribution in [3.05, 3.63) is 103 Å². The molecule has 43 heavy (non-hydrogen) atoms. The first-order valence-electron chi connectivity index (χ1n) is 13.1. The van der Waals surface area contributed by atoms with Gasteiger partial charge in [0.1, 0.15) is 5.75 Å². The first kappa shape index (κ1) is 30.7. The summed E-state index contributed by atoms with van der Waals surface area (Å²) in [4.78, 5) is 62.7. The molecule has 0 saturated carbocycles. The molecule has 1 aliphatic heterocycles. The van der Waals surface area contributed by atoms with E-state index in [9.17, 15) is 34.6 Å². The Labute approximate surface area is 250 Å². The molecule has 3 aromatic carbocycles. The van der Waals surface area contributed by atoms with Crippen molar-refractivity contribution in [2.24, 2.45) is 0 Å². The van der Waals surface area contributed by atoms with Gasteiger partial charge in [-0.15, -0.1) is 0 Å². The second kappa shape index (κ2) is 13.6. The van der Waals surface area contributed by atoms with Crippen molar-refractivity contribution in [1.82, 2.24) is 4.90 Å². The number of thioether (sulfide) groups is 1. The Hall–Kier alpha value is -5.24. The number of nitrogens with zero attached hydrogens (tertiary/aromatic N) is 4. The molecule has 0 atom stereocenters. The molecule has 1 heterocycles. The summed E-state index contributed by atoms with van der Waals surface area (Å²) in [5.41, 5.74) is 1.80. The molecule has 3 aromatic rings. The molecule has 0 spiro atoms. The van der Waals surface area contributed by atoms with Crippen LogP contribution in [0, 0.1) is 20.2 Å². The van der Waals surface area contributed by atoms with Crippen molar-refractivity contribution in [1.29, 1.82) is 0 Å². The average molecular weight is 606 g/mol. The second-order valence-electron chi connectivity index (χ2n) is 9.23. The number of nitro benzene ring substituents is 2. The topological polar surface area (TPSA) is 165 Å². The van der Waals surface area contributed by atoms with Crippen LogP contribution in [-0.2, 0) is 16.1 Å². The minimum absolute atomic E-state index is 0.0535. The zero-order valence-corrected chi connectivity index (χ0v) is 24.0. The number of nitrogens with one attached hydrogen (secondary N) is 1. The van der Waals surface area contributed by atoms with Gasteiger partial charge in [-0.2, -0.15) is 0 Å². The number of non-ortho nitro benzene ring substituents is 2. The fourth-order valence-corrected chi connectivity index (χ4v) is 5.10. The lowest BCUT2D eigenvalue weighted by Crippen LogP contribution is -2.27. The standard InChI is InChI=1S/C29H27N5O8S/c1-3-31(4-2)23-13-10-20(25(16-23)42-18-27(35)30-21-6-5-7-24(15-21)34(40)41)14-26-28(36)32(29(37)43-26)17-19-8-11-22(12-9-19)33(38)39/h5-16H,3-4,17-18H2,1-2H3,(H,30,35)/b26-14+. The lowest BCUT2D eigenvalue weighted by Gasteiger charge is -2.22. The number of rotatable bonds is 12. The molecule has 1 saturated heterocycles. The average Bonchev–Trinajstić information content (AvgIpc) is 3.25. The van der Waals surface area contributed by atoms with E-state index in [0.717, 1.165) is 22.3 Å². The third kappa shape index (κ3) is 7.54. The summed E-state index contributed by atoms with van der Waals surface area (Å²) in [6, 6.07) is 16.4. The fraction of sp³-hybridized carbons (Fsp3) is 0.207. The van der Waals surface area contributed by atoms with E-state index in [0.29, 0.717) is 30.0 Å². The number of imide groups is 1. The zero-order valence-electron chi connectivity index (χ0n) is 23.2. The van der Waals surface area contributed by atoms with E-state index in [1.54, 1.807) is 12.1 Å². The summed E-state index contributed by atoms with van der Waals surface area (Å²) in [5, 5.41) is 24.0. The third-order valence-corrected chi connectivity index (χ3v) is 7.38. The van der Waals surface area contributed by atoms with Crippen LogP contribution >= 0.6 is 11.8 Å². The summed E-state index contributed by atoms with van der Waals surface area (Å²) >= 11 is 0.752. The molecule has 0 aliphatic carbocycles. The summed E-state index contributed by atoms with van der Waals surface area (Å²) in [6.45, 7) is 4.93. The van der Waals surface area contributed by atoms with Gasteiger partial charge in [0, 0.05) is 60.4 Å². The van der Waals surface area contributed by atoms with Gasteiger partial charge in [-0.1, -0.05) is 18.2 Å². The second-order valence-corrected chi connectivity index (χ2v) is 10.2. The minimum atomic E-state index is -0.565. The molecule has 14 heteroatoms. The number of anilines is 2. The van der Waals surface area contributed by atoms with E-state index >= 15 is 0 Å². The first-order valence-corrected chi connectivity index (χ1v) is 14.0. The summed E-state index contributed by atoms with van der Waals surface area (Å²) in [6.07, 6.45) is 1.51. The van der Waals surface area contributed by atoms with E-state index in [-0.39, 0.29) is 28.5 Å². The molecule has 4 rings (SSSR count). The number of benzene rings is 3. The molecule has 13 nitrogen and oxygen atoms in total. The van der Waals surface area contributed by atoms with E-state index in [4.69, 9.17) is 4.74 Å². The van der Waals surface area contributed by atoms with Crippen molar-refractivity contribution in [2.45, 2.75) is 20.4 Å². The Morgan fingerprint density at radius 1 is 0.977 bits per heavy atom. The highest BCUT2D eigenvalue weighted by Gasteiger charge is 2.35. The van der Waals surface area contributed by atoms with Crippen LogP contribution in [0.15, 0.2) is 71.6 Å². The van der Waals surface area contributed by atoms with Crippen molar-refractivity contribution >= 4 is 57.6 Å². The maximum atomic E-state index is 13.2. The molecular formula is C29H27N5O8S. The normalized spacial score (nSPS) is 13.7. The van der Waals surface area contributed by atoms with E-state index in [1.165, 1.54) is 54.6 Å². The number of carbonyl (C=O) groups excluding carboxylic acids is 3. The molecule has 0 unspecified atom stereocenters. The molecule has 0 bridgehead atoms. The van der Waals surface area contributed by atoms with Crippen LogP contribution in [0.25, 0.3) is 6.08 Å². The predicted octanol–water partition coefficient (Wildman–Crippen LogP) is 5.60. The molecule has 0 aromatic heterocycles. The first-order chi connectivity index (χ1) is 20.6. The largest absolute Gasteiger partial charge is 0.483 e. The molecular weight excluding hydrogens is 578 g/mol. The summed E-state index contributed by atoms with van der Waals surface area (Å²) in [5.74, 6) is -0.792. The molecule has 1 N–H and O–H groups in total. The van der Waals surface area contributed by atoms with Crippen molar-refractivity contribution in [2.75, 3.05) is 29.9 Å². The number of hydrogen-bond donors (Lipinski definition) is 1. The van der Waals surface area contributed by atoms with Crippen LogP contribution in [-0.4, -0.2) is 51.5 Å². The van der Waals surface area contributed by atoms with Gasteiger partial charge in [0.2, 0.25) is 0 Å². The molecule has 1 aliphatic rings. The van der Waals surface area contributed by atoms with Gasteiger partial charge in [-0.05, 0) is 55.4 Å². The SMILES string of the molecule is CCN(CC)c1ccc(/C=C2/SC(=O)N(Cc3ccc([N+](=O)[O-])cc3)C2=O)c(OCC(=O)Nc2cccc([N+](=O)[O-])c2)c1. The number of carbonyl (C=O) groups is 3. The van der Waals surface area contributed by atoms with Crippen molar-refractivity contribution in [3.8, 4) is 5.75 Å². The van der Waals surface area contributed by atoms with Gasteiger partial charge >= 0.3 is 0 Å². The Kier molecular flexibility index (Phi) is 9.72. The molecule has 1 fully saturated rings. The Balaban J connectivity index is 1.54. The number of ether oxygens (including phenoxy) is 1. The summed E-state index contributed by atoms with van der Waals surface area (Å²) in [7, 11) is 0. The third-order valence-electron chi connectivity index (χ3n) is 6.47. The van der Waals surface area contributed by atoms with Crippen molar-refractivity contribution in [3.63, 3.8) is 0 Å². The number of nitro groups is 2. The van der Waals surface area contributed by atoms with Crippen LogP contribution in [0.3, 0.4) is 0 Å². The van der Waals surface area contributed by atoms with Gasteiger partial charge in [-0.3, -0.25) is 39.5 Å². The van der Waals surface area contributed by atoms with E-state index in [1.807, 2.05) is 19.9 Å². The lowest BCUT2D eigenvalue weighted by molar-refractivity contribution is -0.385. The highest BCUT2D eigenvalue weighted by atomic mass is 32.2. The van der Waals surface area contributed by atoms with E-state index < -0.39 is 33.5 Å². The lowest BCUT2D eigenvalue weighted by atomic mass is 10.1. The summed E-state index contributed by atoms with van der Waals surface area (Å²) < 4.78 is 5.86. The quantitative estimate of drug-likeness (QED) is 0.156. The van der Waals surface area contributed by atoms with Gasteiger partial charge in [0.25, 0.3) is 28.4 Å². The molecule has 222 valence electrons. The predicted molar refractivity (Wildman–Crippen MR) is 162 cm³/mol. The van der Waals surface area contributed by atoms with Crippen LogP contribution in [0.5, 0.6) is 5.75 Å². The monoisotopic (exact) mass is 605 g/mol. The van der Waals surface area contributed by atoms with Gasteiger partial charge in [0.05, 0.1) is 21.3 Å². The van der Waals surface area contributed by atoms with Gasteiger partial charge in [0.15, 0.2) is 6.61 Å². The smallest absolute Gasteiger partial charge is 0.293 e. The Morgan fingerprint density at radius 3 is 2.33 bits per heavy atom. The number of hydrogen-bond acceptors (Lipinski definition) is 10. The Bertz CT molecular complexity index is 1600. The maximum absolute atomic E-state index is 13.2. The number of amides is 3. The fourth-order valence-electron chi connectivity index (χ4n) is 4.27. The van der Waals surface area contributed by atoms with Gasteiger partial charge < -0.3 is 15.0 Å². The molecule has 0 radical (unpaired) electrons. The molecule has 3 amide bonds.